The predicted molar refractivity (Wildman–Crippen MR) is 89.3 cm³/mol. The van der Waals surface area contributed by atoms with Crippen LogP contribution in [-0.2, 0) is 4.79 Å². The molecule has 6 heteroatoms. The fraction of sp³-hybridized carbons (Fsp3) is 0.125. The van der Waals surface area contributed by atoms with Gasteiger partial charge in [-0.15, -0.1) is 11.8 Å². The molecule has 1 heterocycles. The van der Waals surface area contributed by atoms with E-state index in [1.807, 2.05) is 37.3 Å². The molecule has 0 saturated heterocycles. The molecule has 0 bridgehead atoms. The highest BCUT2D eigenvalue weighted by molar-refractivity contribution is 8.00. The van der Waals surface area contributed by atoms with Crippen molar-refractivity contribution in [3.8, 4) is 0 Å². The highest BCUT2D eigenvalue weighted by Crippen LogP contribution is 2.24. The van der Waals surface area contributed by atoms with Crippen LogP contribution in [0.4, 0.5) is 5.69 Å². The van der Waals surface area contributed by atoms with Crippen LogP contribution >= 0.6 is 11.8 Å². The first-order chi connectivity index (χ1) is 10.6. The summed E-state index contributed by atoms with van der Waals surface area (Å²) in [5.74, 6) is -0.0777. The fourth-order valence-corrected chi connectivity index (χ4v) is 3.00. The van der Waals surface area contributed by atoms with Crippen molar-refractivity contribution in [3.63, 3.8) is 0 Å². The minimum atomic E-state index is -0.258. The highest BCUT2D eigenvalue weighted by Gasteiger charge is 2.14. The van der Waals surface area contributed by atoms with Crippen LogP contribution in [0, 0.1) is 0 Å². The first kappa shape index (κ1) is 14.5. The maximum atomic E-state index is 12.2. The molecular weight excluding hydrogens is 298 g/mol. The zero-order chi connectivity index (χ0) is 15.5. The zero-order valence-electron chi connectivity index (χ0n) is 11.9. The van der Waals surface area contributed by atoms with E-state index in [0.717, 1.165) is 10.4 Å². The maximum absolute atomic E-state index is 12.2. The first-order valence-electron chi connectivity index (χ1n) is 6.86. The number of imidazole rings is 1. The Morgan fingerprint density at radius 2 is 1.82 bits per heavy atom. The smallest absolute Gasteiger partial charge is 0.323 e. The van der Waals surface area contributed by atoms with Crippen LogP contribution < -0.4 is 11.0 Å². The van der Waals surface area contributed by atoms with E-state index in [2.05, 4.69) is 15.3 Å². The van der Waals surface area contributed by atoms with Gasteiger partial charge >= 0.3 is 5.69 Å². The van der Waals surface area contributed by atoms with Crippen molar-refractivity contribution in [1.82, 2.24) is 9.97 Å². The van der Waals surface area contributed by atoms with Crippen LogP contribution in [0.3, 0.4) is 0 Å². The van der Waals surface area contributed by atoms with Crippen molar-refractivity contribution in [2.24, 2.45) is 0 Å². The van der Waals surface area contributed by atoms with Gasteiger partial charge in [0.25, 0.3) is 0 Å². The number of hydrogen-bond donors (Lipinski definition) is 3. The molecule has 0 unspecified atom stereocenters. The average Bonchev–Trinajstić information content (AvgIpc) is 2.87. The third-order valence-corrected chi connectivity index (χ3v) is 4.32. The van der Waals surface area contributed by atoms with E-state index in [9.17, 15) is 9.59 Å². The number of carbonyl (C=O) groups is 1. The summed E-state index contributed by atoms with van der Waals surface area (Å²) in [5, 5.41) is 2.65. The third kappa shape index (κ3) is 3.23. The van der Waals surface area contributed by atoms with Gasteiger partial charge in [-0.05, 0) is 37.3 Å². The van der Waals surface area contributed by atoms with Gasteiger partial charge in [-0.2, -0.15) is 0 Å². The molecule has 0 aliphatic heterocycles. The Morgan fingerprint density at radius 1 is 1.09 bits per heavy atom. The number of nitrogens with one attached hydrogen (secondary N) is 3. The largest absolute Gasteiger partial charge is 0.325 e. The van der Waals surface area contributed by atoms with Crippen molar-refractivity contribution in [2.75, 3.05) is 5.32 Å². The second-order valence-corrected chi connectivity index (χ2v) is 6.32. The summed E-state index contributed by atoms with van der Waals surface area (Å²) in [6.07, 6.45) is 0. The minimum absolute atomic E-state index is 0.0777. The Labute approximate surface area is 131 Å². The van der Waals surface area contributed by atoms with Crippen LogP contribution in [0.5, 0.6) is 0 Å². The van der Waals surface area contributed by atoms with Gasteiger partial charge < -0.3 is 15.3 Å². The Bertz CT molecular complexity index is 854. The summed E-state index contributed by atoms with van der Waals surface area (Å²) in [7, 11) is 0. The monoisotopic (exact) mass is 313 g/mol. The SMILES string of the molecule is C[C@@H](Sc1ccccc1)C(=O)Nc1ccc2[nH]c(=O)[nH]c2c1. The fourth-order valence-electron chi connectivity index (χ4n) is 2.11. The van der Waals surface area contributed by atoms with Gasteiger partial charge in [0.15, 0.2) is 0 Å². The van der Waals surface area contributed by atoms with Gasteiger partial charge in [-0.1, -0.05) is 18.2 Å². The molecule has 0 saturated carbocycles. The lowest BCUT2D eigenvalue weighted by Crippen LogP contribution is -2.22. The van der Waals surface area contributed by atoms with Crippen molar-refractivity contribution >= 4 is 34.4 Å². The summed E-state index contributed by atoms with van der Waals surface area (Å²) >= 11 is 1.50. The number of hydrogen-bond acceptors (Lipinski definition) is 3. The number of thioether (sulfide) groups is 1. The number of rotatable bonds is 4. The lowest BCUT2D eigenvalue weighted by atomic mass is 10.2. The predicted octanol–water partition coefficient (Wildman–Crippen LogP) is 2.98. The Kier molecular flexibility index (Phi) is 4.02. The molecule has 3 aromatic rings. The summed E-state index contributed by atoms with van der Waals surface area (Å²) in [4.78, 5) is 29.9. The molecule has 1 aromatic heterocycles. The van der Waals surface area contributed by atoms with E-state index in [0.29, 0.717) is 11.2 Å². The van der Waals surface area contributed by atoms with Gasteiger partial charge in [0.2, 0.25) is 5.91 Å². The Balaban J connectivity index is 1.70. The van der Waals surface area contributed by atoms with Crippen LogP contribution in [0.1, 0.15) is 6.92 Å². The van der Waals surface area contributed by atoms with E-state index >= 15 is 0 Å². The molecule has 112 valence electrons. The molecule has 2 aromatic carbocycles. The van der Waals surface area contributed by atoms with E-state index in [-0.39, 0.29) is 16.8 Å². The second-order valence-electron chi connectivity index (χ2n) is 4.90. The Hall–Kier alpha value is -2.47. The van der Waals surface area contributed by atoms with Crippen molar-refractivity contribution < 1.29 is 4.79 Å². The number of H-pyrrole nitrogens is 2. The Morgan fingerprint density at radius 3 is 2.59 bits per heavy atom. The lowest BCUT2D eigenvalue weighted by molar-refractivity contribution is -0.115. The molecule has 1 amide bonds. The normalized spacial score (nSPS) is 12.2. The van der Waals surface area contributed by atoms with Crippen molar-refractivity contribution in [1.29, 1.82) is 0 Å². The number of aromatic amines is 2. The molecule has 0 fully saturated rings. The van der Waals surface area contributed by atoms with Gasteiger partial charge in [-0.25, -0.2) is 4.79 Å². The van der Waals surface area contributed by atoms with E-state index in [1.165, 1.54) is 11.8 Å². The third-order valence-electron chi connectivity index (χ3n) is 3.21. The first-order valence-corrected chi connectivity index (χ1v) is 7.74. The quantitative estimate of drug-likeness (QED) is 0.648. The van der Waals surface area contributed by atoms with Gasteiger partial charge in [0, 0.05) is 10.6 Å². The van der Waals surface area contributed by atoms with Gasteiger partial charge in [0.05, 0.1) is 16.3 Å². The number of fused-ring (bicyclic) bond motifs is 1. The maximum Gasteiger partial charge on any atom is 0.323 e. The minimum Gasteiger partial charge on any atom is -0.325 e. The number of carbonyl (C=O) groups excluding carboxylic acids is 1. The number of aromatic nitrogens is 2. The molecule has 0 radical (unpaired) electrons. The summed E-state index contributed by atoms with van der Waals surface area (Å²) in [5.41, 5.74) is 1.79. The number of amides is 1. The topological polar surface area (TPSA) is 77.8 Å². The van der Waals surface area contributed by atoms with Crippen molar-refractivity contribution in [2.45, 2.75) is 17.1 Å². The number of benzene rings is 2. The highest BCUT2D eigenvalue weighted by atomic mass is 32.2. The van der Waals surface area contributed by atoms with Crippen molar-refractivity contribution in [3.05, 3.63) is 59.0 Å². The molecule has 0 aliphatic carbocycles. The number of anilines is 1. The molecule has 3 rings (SSSR count). The van der Waals surface area contributed by atoms with Crippen LogP contribution in [0.25, 0.3) is 11.0 Å². The molecule has 0 spiro atoms. The molecular formula is C16H15N3O2S. The molecule has 3 N–H and O–H groups in total. The zero-order valence-corrected chi connectivity index (χ0v) is 12.7. The van der Waals surface area contributed by atoms with Gasteiger partial charge in [-0.3, -0.25) is 4.79 Å². The summed E-state index contributed by atoms with van der Waals surface area (Å²) in [6, 6.07) is 15.1. The van der Waals surface area contributed by atoms with Crippen LogP contribution in [0.15, 0.2) is 58.2 Å². The summed E-state index contributed by atoms with van der Waals surface area (Å²) in [6.45, 7) is 1.86. The lowest BCUT2D eigenvalue weighted by Gasteiger charge is -2.12. The standard InChI is InChI=1S/C16H15N3O2S/c1-10(22-12-5-3-2-4-6-12)15(20)17-11-7-8-13-14(9-11)19-16(21)18-13/h2-10H,1H3,(H,17,20)(H2,18,19,21)/t10-/m1/s1. The molecule has 0 aliphatic rings. The molecule has 22 heavy (non-hydrogen) atoms. The van der Waals surface area contributed by atoms with E-state index in [4.69, 9.17) is 0 Å². The molecule has 5 nitrogen and oxygen atoms in total. The molecule has 1 atom stereocenters. The second kappa shape index (κ2) is 6.11. The van der Waals surface area contributed by atoms with Crippen LogP contribution in [0.2, 0.25) is 0 Å². The average molecular weight is 313 g/mol. The summed E-state index contributed by atoms with van der Waals surface area (Å²) < 4.78 is 0. The van der Waals surface area contributed by atoms with E-state index in [1.54, 1.807) is 18.2 Å². The van der Waals surface area contributed by atoms with Gasteiger partial charge in [0.1, 0.15) is 0 Å². The van der Waals surface area contributed by atoms with E-state index < -0.39 is 0 Å². The van der Waals surface area contributed by atoms with Crippen LogP contribution in [-0.4, -0.2) is 21.1 Å².